The second kappa shape index (κ2) is 31.5. The van der Waals surface area contributed by atoms with Crippen LogP contribution in [0.5, 0.6) is 0 Å². The molecule has 2 aliphatic heterocycles. The number of ether oxygens (including phenoxy) is 1. The van der Waals surface area contributed by atoms with Gasteiger partial charge in [0.2, 0.25) is 6.34 Å². The number of hydrogen-bond donors (Lipinski definition) is 0. The second-order valence-electron chi connectivity index (χ2n) is 18.7. The molecular weight excluding hydrogens is 944 g/mol. The first-order valence-electron chi connectivity index (χ1n) is 24.5. The van der Waals surface area contributed by atoms with Gasteiger partial charge in [-0.1, -0.05) is 94.6 Å². The van der Waals surface area contributed by atoms with Gasteiger partial charge in [-0.05, 0) is 68.5 Å². The number of benzene rings is 3. The SMILES string of the molecule is CCCCN1C=[N+](CCCCS(=O)(=O)[O-])CC1.CCCC[N+]1(CCCS(=O)(=O)[O-])CCCC1.CCCC[P+](c1ccccc1)(c1ccccc1)c1ccccc1.COCC[N+](C)(C)CS(=O)(=O)[O-]. The van der Waals surface area contributed by atoms with Crippen molar-refractivity contribution < 1.29 is 57.2 Å². The molecule has 0 atom stereocenters. The Morgan fingerprint density at radius 3 is 1.56 bits per heavy atom. The van der Waals surface area contributed by atoms with Crippen molar-refractivity contribution >= 4 is 59.9 Å². The molecule has 0 spiro atoms. The molecule has 1 saturated heterocycles. The fourth-order valence-electron chi connectivity index (χ4n) is 8.64. The molecule has 0 aliphatic carbocycles. The molecule has 18 heteroatoms. The number of unbranched alkanes of at least 4 members (excludes halogenated alkanes) is 4. The maximum Gasteiger partial charge on any atom is 0.234 e. The van der Waals surface area contributed by atoms with Gasteiger partial charge in [-0.25, -0.2) is 25.3 Å². The highest BCUT2D eigenvalue weighted by Crippen LogP contribution is 2.55. The number of methoxy groups -OCH3 is 1. The van der Waals surface area contributed by atoms with E-state index in [0.717, 1.165) is 50.2 Å². The van der Waals surface area contributed by atoms with Crippen LogP contribution in [0.1, 0.15) is 91.4 Å². The number of rotatable bonds is 26. The molecule has 14 nitrogen and oxygen atoms in total. The van der Waals surface area contributed by atoms with Gasteiger partial charge < -0.3 is 27.4 Å². The van der Waals surface area contributed by atoms with E-state index in [-0.39, 0.29) is 16.0 Å². The molecule has 3 aromatic carbocycles. The van der Waals surface area contributed by atoms with E-state index < -0.39 is 43.5 Å². The van der Waals surface area contributed by atoms with Gasteiger partial charge in [0.25, 0.3) is 0 Å². The third kappa shape index (κ3) is 25.3. The monoisotopic (exact) mass is 1030 g/mol. The zero-order valence-corrected chi connectivity index (χ0v) is 45.3. The number of hydrogen-bond acceptors (Lipinski definition) is 11. The van der Waals surface area contributed by atoms with Gasteiger partial charge in [-0.15, -0.1) is 0 Å². The van der Waals surface area contributed by atoms with Gasteiger partial charge in [-0.2, -0.15) is 0 Å². The summed E-state index contributed by atoms with van der Waals surface area (Å²) in [5.41, 5.74) is 0. The standard InChI is InChI=1S/C22H24P.C11H22N2O3S.C11H23NO3S.C6H15NO4S/c1-2-3-19-23(20-13-7-4-8-14-20,21-15-9-5-10-16-21)22-17-11-6-12-18-22;1-2-3-6-12-8-9-13(11-12)7-4-5-10-17(14,15)16;1-2-3-7-12(8-4-5-9-12)10-6-11-16(13,14)15;1-7(2,4-5-11-3)6-12(8,9)10/h4-18H,2-3,19H2,1H3;11H,2-10H2,1H3;2-11H2,1H3;4-6H2,1-3H3/q+1;;;. The normalized spacial score (nSPS) is 15.0. The topological polar surface area (TPSA) is 187 Å². The maximum atomic E-state index is 10.6. The average molecular weight is 1030 g/mol. The molecule has 68 heavy (non-hydrogen) atoms. The van der Waals surface area contributed by atoms with E-state index in [4.69, 9.17) is 4.74 Å². The van der Waals surface area contributed by atoms with Crippen molar-refractivity contribution in [2.24, 2.45) is 0 Å². The predicted octanol–water partition coefficient (Wildman–Crippen LogP) is 5.79. The average Bonchev–Trinajstić information content (AvgIpc) is 3.96. The number of quaternary nitrogens is 2. The van der Waals surface area contributed by atoms with Crippen LogP contribution in [-0.2, 0) is 35.1 Å². The van der Waals surface area contributed by atoms with Crippen molar-refractivity contribution in [1.29, 1.82) is 0 Å². The van der Waals surface area contributed by atoms with Crippen LogP contribution >= 0.6 is 7.26 Å². The predicted molar refractivity (Wildman–Crippen MR) is 278 cm³/mol. The summed E-state index contributed by atoms with van der Waals surface area (Å²) >= 11 is 0. The first kappa shape index (κ1) is 61.3. The van der Waals surface area contributed by atoms with Gasteiger partial charge in [-0.3, -0.25) is 9.48 Å². The highest BCUT2D eigenvalue weighted by molar-refractivity contribution is 7.95. The van der Waals surface area contributed by atoms with Crippen LogP contribution in [0, 0.1) is 0 Å². The Kier molecular flexibility index (Phi) is 28.4. The Bertz CT molecular complexity index is 2080. The van der Waals surface area contributed by atoms with E-state index in [2.05, 4.69) is 128 Å². The van der Waals surface area contributed by atoms with Crippen molar-refractivity contribution in [1.82, 2.24) is 4.90 Å². The van der Waals surface area contributed by atoms with Crippen molar-refractivity contribution in [3.63, 3.8) is 0 Å². The van der Waals surface area contributed by atoms with Gasteiger partial charge in [0, 0.05) is 37.9 Å². The third-order valence-corrected chi connectivity index (χ3v) is 19.4. The van der Waals surface area contributed by atoms with Crippen molar-refractivity contribution in [2.45, 2.75) is 91.4 Å². The molecule has 0 bridgehead atoms. The van der Waals surface area contributed by atoms with Crippen LogP contribution in [0.2, 0.25) is 0 Å². The summed E-state index contributed by atoms with van der Waals surface area (Å²) < 4.78 is 102. The first-order valence-corrected chi connectivity index (χ1v) is 31.2. The molecule has 0 aromatic heterocycles. The number of nitrogens with zero attached hydrogens (tertiary/aromatic N) is 4. The Balaban J connectivity index is 0.000000320. The minimum absolute atomic E-state index is 0.139. The zero-order valence-electron chi connectivity index (χ0n) is 42.0. The minimum Gasteiger partial charge on any atom is -0.748 e. The molecule has 0 amide bonds. The highest BCUT2D eigenvalue weighted by Gasteiger charge is 2.44. The summed E-state index contributed by atoms with van der Waals surface area (Å²) in [6, 6.07) is 33.4. The molecular formula is C50H84N4O10PS3+. The fraction of sp³-hybridized carbons (Fsp3) is 0.620. The van der Waals surface area contributed by atoms with Gasteiger partial charge in [0.05, 0.1) is 86.4 Å². The summed E-state index contributed by atoms with van der Waals surface area (Å²) in [5, 5.41) is 4.47. The lowest BCUT2D eigenvalue weighted by molar-refractivity contribution is -0.917. The summed E-state index contributed by atoms with van der Waals surface area (Å²) in [5.74, 6) is -0.824. The molecule has 0 radical (unpaired) electrons. The maximum absolute atomic E-state index is 10.6. The Labute approximate surface area is 412 Å². The quantitative estimate of drug-likeness (QED) is 0.0311. The van der Waals surface area contributed by atoms with E-state index in [9.17, 15) is 38.9 Å². The minimum atomic E-state index is -4.15. The van der Waals surface area contributed by atoms with E-state index >= 15 is 0 Å². The molecule has 0 unspecified atom stereocenters. The van der Waals surface area contributed by atoms with Crippen molar-refractivity contribution in [2.75, 3.05) is 110 Å². The number of likely N-dealkylation sites (N-methyl/N-ethyl adjacent to an activating group) is 1. The number of likely N-dealkylation sites (tertiary alicyclic amines) is 1. The van der Waals surface area contributed by atoms with Crippen LogP contribution < -0.4 is 15.9 Å². The van der Waals surface area contributed by atoms with Crippen LogP contribution in [0.25, 0.3) is 0 Å². The fourth-order valence-corrected chi connectivity index (χ4v) is 15.2. The smallest absolute Gasteiger partial charge is 0.234 e. The lowest BCUT2D eigenvalue weighted by Gasteiger charge is -2.34. The summed E-state index contributed by atoms with van der Waals surface area (Å²) in [6.45, 7) is 15.9. The summed E-state index contributed by atoms with van der Waals surface area (Å²) in [7, 11) is -8.89. The first-order chi connectivity index (χ1) is 32.1. The lowest BCUT2D eigenvalue weighted by Crippen LogP contribution is -2.47. The Morgan fingerprint density at radius 1 is 0.647 bits per heavy atom. The van der Waals surface area contributed by atoms with Crippen molar-refractivity contribution in [3.05, 3.63) is 91.0 Å². The third-order valence-electron chi connectivity index (χ3n) is 12.3. The van der Waals surface area contributed by atoms with Crippen LogP contribution in [-0.4, -0.2) is 174 Å². The molecule has 0 saturated carbocycles. The zero-order chi connectivity index (χ0) is 50.6. The second-order valence-corrected chi connectivity index (χ2v) is 26.7. The van der Waals surface area contributed by atoms with Gasteiger partial charge in [0.1, 0.15) is 52.9 Å². The van der Waals surface area contributed by atoms with Crippen LogP contribution in [0.3, 0.4) is 0 Å². The molecule has 2 heterocycles. The van der Waals surface area contributed by atoms with E-state index in [1.54, 1.807) is 14.1 Å². The summed E-state index contributed by atoms with van der Waals surface area (Å²) in [6.07, 6.45) is 14.9. The van der Waals surface area contributed by atoms with E-state index in [1.807, 2.05) is 0 Å². The van der Waals surface area contributed by atoms with Gasteiger partial charge in [0.15, 0.2) is 5.88 Å². The molecule has 386 valence electrons. The largest absolute Gasteiger partial charge is 0.748 e. The molecule has 5 rings (SSSR count). The Hall–Kier alpha value is -2.83. The van der Waals surface area contributed by atoms with E-state index in [0.29, 0.717) is 26.0 Å². The molecule has 2 aliphatic rings. The highest BCUT2D eigenvalue weighted by atomic mass is 32.2. The van der Waals surface area contributed by atoms with Crippen LogP contribution in [0.4, 0.5) is 0 Å². The van der Waals surface area contributed by atoms with Crippen LogP contribution in [0.15, 0.2) is 91.0 Å². The lowest BCUT2D eigenvalue weighted by atomic mass is 10.2. The molecule has 0 N–H and O–H groups in total. The Morgan fingerprint density at radius 2 is 1.12 bits per heavy atom. The summed E-state index contributed by atoms with van der Waals surface area (Å²) in [4.78, 5) is 2.30. The van der Waals surface area contributed by atoms with Gasteiger partial charge >= 0.3 is 0 Å². The van der Waals surface area contributed by atoms with E-state index in [1.165, 1.54) is 93.6 Å². The van der Waals surface area contributed by atoms with Crippen molar-refractivity contribution in [3.8, 4) is 0 Å². The molecule has 1 fully saturated rings. The molecule has 3 aromatic rings.